The molecule has 2 unspecified atom stereocenters. The van der Waals surface area contributed by atoms with Crippen LogP contribution in [-0.2, 0) is 6.54 Å². The molecule has 1 amide bonds. The zero-order valence-corrected chi connectivity index (χ0v) is 13.6. The molecular formula is C20H17N3O2. The molecule has 3 heterocycles. The van der Waals surface area contributed by atoms with Crippen LogP contribution in [0.4, 0.5) is 0 Å². The van der Waals surface area contributed by atoms with E-state index < -0.39 is 0 Å². The van der Waals surface area contributed by atoms with Gasteiger partial charge in [-0.2, -0.15) is 0 Å². The molecule has 1 fully saturated rings. The molecule has 0 spiro atoms. The van der Waals surface area contributed by atoms with Crippen molar-refractivity contribution in [3.05, 3.63) is 71.9 Å². The third kappa shape index (κ3) is 2.43. The van der Waals surface area contributed by atoms with Gasteiger partial charge in [-0.05, 0) is 42.2 Å². The molecule has 1 aromatic carbocycles. The number of rotatable bonds is 4. The third-order valence-electron chi connectivity index (χ3n) is 5.15. The molecule has 1 aliphatic heterocycles. The summed E-state index contributed by atoms with van der Waals surface area (Å²) in [5, 5.41) is 0. The Balaban J connectivity index is 1.36. The maximum Gasteiger partial charge on any atom is 0.254 e. The van der Waals surface area contributed by atoms with E-state index >= 15 is 0 Å². The number of benzene rings is 1. The van der Waals surface area contributed by atoms with Crippen LogP contribution in [0.1, 0.15) is 34.0 Å². The molecule has 2 aromatic heterocycles. The van der Waals surface area contributed by atoms with Crippen molar-refractivity contribution in [3.8, 4) is 11.5 Å². The van der Waals surface area contributed by atoms with Crippen molar-refractivity contribution in [1.29, 1.82) is 0 Å². The lowest BCUT2D eigenvalue weighted by atomic mass is 10.0. The van der Waals surface area contributed by atoms with Crippen LogP contribution in [0.3, 0.4) is 0 Å². The van der Waals surface area contributed by atoms with Crippen LogP contribution < -0.4 is 0 Å². The molecule has 3 aromatic rings. The standard InChI is InChI=1S/C20H17N3O2/c24-20-15-5-3-4-14(19-22-8-9-25-19)17(15)12-23(20)11-13-10-16(13)18-6-1-2-7-21-18/h1-9,13,16H,10-12H2. The molecule has 1 aliphatic carbocycles. The highest BCUT2D eigenvalue weighted by molar-refractivity contribution is 6.00. The van der Waals surface area contributed by atoms with Crippen molar-refractivity contribution in [3.63, 3.8) is 0 Å². The number of carbonyl (C=O) groups excluding carboxylic acids is 1. The van der Waals surface area contributed by atoms with E-state index in [1.165, 1.54) is 0 Å². The van der Waals surface area contributed by atoms with E-state index in [0.29, 0.717) is 24.3 Å². The van der Waals surface area contributed by atoms with Gasteiger partial charge in [0.05, 0.1) is 6.20 Å². The maximum absolute atomic E-state index is 12.8. The number of pyridine rings is 1. The van der Waals surface area contributed by atoms with E-state index in [4.69, 9.17) is 4.42 Å². The second-order valence-corrected chi connectivity index (χ2v) is 6.71. The molecule has 0 N–H and O–H groups in total. The molecule has 2 aliphatic rings. The first kappa shape index (κ1) is 14.4. The average Bonchev–Trinajstić information content (AvgIpc) is 3.06. The number of hydrogen-bond donors (Lipinski definition) is 0. The van der Waals surface area contributed by atoms with Gasteiger partial charge in [0, 0.05) is 42.0 Å². The van der Waals surface area contributed by atoms with Crippen molar-refractivity contribution in [2.75, 3.05) is 6.54 Å². The van der Waals surface area contributed by atoms with Gasteiger partial charge in [-0.15, -0.1) is 0 Å². The Morgan fingerprint density at radius 1 is 1.08 bits per heavy atom. The lowest BCUT2D eigenvalue weighted by molar-refractivity contribution is 0.0770. The molecule has 5 nitrogen and oxygen atoms in total. The number of nitrogens with zero attached hydrogens (tertiary/aromatic N) is 3. The van der Waals surface area contributed by atoms with Crippen LogP contribution in [0.5, 0.6) is 0 Å². The van der Waals surface area contributed by atoms with Gasteiger partial charge in [0.25, 0.3) is 5.91 Å². The summed E-state index contributed by atoms with van der Waals surface area (Å²) in [5.41, 5.74) is 3.84. The number of hydrogen-bond acceptors (Lipinski definition) is 4. The highest BCUT2D eigenvalue weighted by Gasteiger charge is 2.42. The minimum atomic E-state index is 0.107. The predicted octanol–water partition coefficient (Wildman–Crippen LogP) is 3.50. The third-order valence-corrected chi connectivity index (χ3v) is 5.15. The van der Waals surface area contributed by atoms with Crippen molar-refractivity contribution in [2.24, 2.45) is 5.92 Å². The Labute approximate surface area is 145 Å². The van der Waals surface area contributed by atoms with Gasteiger partial charge < -0.3 is 9.32 Å². The summed E-state index contributed by atoms with van der Waals surface area (Å²) >= 11 is 0. The predicted molar refractivity (Wildman–Crippen MR) is 91.8 cm³/mol. The summed E-state index contributed by atoms with van der Waals surface area (Å²) in [6.45, 7) is 1.40. The molecule has 0 radical (unpaired) electrons. The molecule has 0 saturated heterocycles. The molecular weight excluding hydrogens is 314 g/mol. The van der Waals surface area contributed by atoms with Crippen LogP contribution in [0.15, 0.2) is 59.5 Å². The fourth-order valence-electron chi connectivity index (χ4n) is 3.78. The van der Waals surface area contributed by atoms with E-state index in [2.05, 4.69) is 16.0 Å². The normalized spacial score (nSPS) is 21.4. The van der Waals surface area contributed by atoms with Crippen molar-refractivity contribution >= 4 is 5.91 Å². The Hall–Kier alpha value is -2.95. The first-order chi connectivity index (χ1) is 12.3. The van der Waals surface area contributed by atoms with E-state index in [-0.39, 0.29) is 5.91 Å². The van der Waals surface area contributed by atoms with Gasteiger partial charge in [-0.25, -0.2) is 4.98 Å². The summed E-state index contributed by atoms with van der Waals surface area (Å²) in [7, 11) is 0. The summed E-state index contributed by atoms with van der Waals surface area (Å²) < 4.78 is 5.43. The summed E-state index contributed by atoms with van der Waals surface area (Å²) in [6, 6.07) is 11.8. The second kappa shape index (κ2) is 5.55. The van der Waals surface area contributed by atoms with Crippen molar-refractivity contribution in [2.45, 2.75) is 18.9 Å². The molecule has 2 atom stereocenters. The minimum Gasteiger partial charge on any atom is -0.445 e. The fourth-order valence-corrected chi connectivity index (χ4v) is 3.78. The smallest absolute Gasteiger partial charge is 0.254 e. The monoisotopic (exact) mass is 331 g/mol. The van der Waals surface area contributed by atoms with E-state index in [9.17, 15) is 4.79 Å². The first-order valence-corrected chi connectivity index (χ1v) is 8.53. The molecule has 124 valence electrons. The highest BCUT2D eigenvalue weighted by Crippen LogP contribution is 2.47. The van der Waals surface area contributed by atoms with E-state index in [1.807, 2.05) is 41.4 Å². The fraction of sp³-hybridized carbons (Fsp3) is 0.250. The highest BCUT2D eigenvalue weighted by atomic mass is 16.3. The van der Waals surface area contributed by atoms with Crippen LogP contribution in [0.2, 0.25) is 0 Å². The Bertz CT molecular complexity index is 921. The van der Waals surface area contributed by atoms with Crippen molar-refractivity contribution < 1.29 is 9.21 Å². The number of oxazole rings is 1. The first-order valence-electron chi connectivity index (χ1n) is 8.53. The van der Waals surface area contributed by atoms with Gasteiger partial charge in [-0.1, -0.05) is 12.1 Å². The molecule has 1 saturated carbocycles. The molecule has 25 heavy (non-hydrogen) atoms. The van der Waals surface area contributed by atoms with Gasteiger partial charge in [0.15, 0.2) is 0 Å². The number of amides is 1. The second-order valence-electron chi connectivity index (χ2n) is 6.71. The van der Waals surface area contributed by atoms with E-state index in [1.54, 1.807) is 12.5 Å². The number of carbonyl (C=O) groups is 1. The molecule has 0 bridgehead atoms. The zero-order chi connectivity index (χ0) is 16.8. The SMILES string of the molecule is O=C1c2cccc(-c3ncco3)c2CN1CC1CC1c1ccccn1. The minimum absolute atomic E-state index is 0.107. The zero-order valence-electron chi connectivity index (χ0n) is 13.6. The lowest BCUT2D eigenvalue weighted by Gasteiger charge is -2.15. The summed E-state index contributed by atoms with van der Waals surface area (Å²) in [5.74, 6) is 1.65. The van der Waals surface area contributed by atoms with Crippen LogP contribution in [-0.4, -0.2) is 27.3 Å². The van der Waals surface area contributed by atoms with Gasteiger partial charge in [-0.3, -0.25) is 9.78 Å². The Kier molecular flexibility index (Phi) is 3.20. The lowest BCUT2D eigenvalue weighted by Crippen LogP contribution is -2.26. The van der Waals surface area contributed by atoms with Gasteiger partial charge in [0.1, 0.15) is 6.26 Å². The number of aromatic nitrogens is 2. The molecule has 5 rings (SSSR count). The Morgan fingerprint density at radius 2 is 2.00 bits per heavy atom. The number of fused-ring (bicyclic) bond motifs is 1. The molecule has 5 heteroatoms. The maximum atomic E-state index is 12.8. The summed E-state index contributed by atoms with van der Waals surface area (Å²) in [6.07, 6.45) is 6.13. The van der Waals surface area contributed by atoms with Gasteiger partial charge >= 0.3 is 0 Å². The Morgan fingerprint density at radius 3 is 2.80 bits per heavy atom. The van der Waals surface area contributed by atoms with Crippen LogP contribution in [0, 0.1) is 5.92 Å². The average molecular weight is 331 g/mol. The van der Waals surface area contributed by atoms with E-state index in [0.717, 1.165) is 35.3 Å². The quantitative estimate of drug-likeness (QED) is 0.734. The van der Waals surface area contributed by atoms with Gasteiger partial charge in [0.2, 0.25) is 5.89 Å². The van der Waals surface area contributed by atoms with Crippen LogP contribution in [0.25, 0.3) is 11.5 Å². The largest absolute Gasteiger partial charge is 0.445 e. The van der Waals surface area contributed by atoms with Crippen LogP contribution >= 0.6 is 0 Å². The summed E-state index contributed by atoms with van der Waals surface area (Å²) in [4.78, 5) is 23.4. The van der Waals surface area contributed by atoms with Crippen molar-refractivity contribution in [1.82, 2.24) is 14.9 Å². The topological polar surface area (TPSA) is 59.2 Å².